The van der Waals surface area contributed by atoms with E-state index < -0.39 is 10.0 Å². The number of sulfonamides is 1. The smallest absolute Gasteiger partial charge is 0.208 e. The molecular formula is C16H21N5O2S. The number of nitrogen functional groups attached to an aromatic ring is 1. The minimum atomic E-state index is -3.12. The molecular weight excluding hydrogens is 326 g/mol. The molecule has 2 heterocycles. The van der Waals surface area contributed by atoms with E-state index >= 15 is 0 Å². The molecule has 0 atom stereocenters. The predicted molar refractivity (Wildman–Crippen MR) is 96.3 cm³/mol. The van der Waals surface area contributed by atoms with Gasteiger partial charge in [-0.25, -0.2) is 23.1 Å². The lowest BCUT2D eigenvalue weighted by atomic mass is 10.0. The van der Waals surface area contributed by atoms with Crippen molar-refractivity contribution in [2.75, 3.05) is 18.5 Å². The fourth-order valence-electron chi connectivity index (χ4n) is 2.90. The van der Waals surface area contributed by atoms with Crippen molar-refractivity contribution in [1.82, 2.24) is 19.7 Å². The molecule has 2 aromatic heterocycles. The molecule has 4 N–H and O–H groups in total. The van der Waals surface area contributed by atoms with Gasteiger partial charge in [0, 0.05) is 11.9 Å². The first-order valence-corrected chi connectivity index (χ1v) is 9.72. The summed E-state index contributed by atoms with van der Waals surface area (Å²) in [6.45, 7) is 2.34. The van der Waals surface area contributed by atoms with Gasteiger partial charge in [0.15, 0.2) is 0 Å². The first-order chi connectivity index (χ1) is 11.3. The Labute approximate surface area is 140 Å². The van der Waals surface area contributed by atoms with Gasteiger partial charge in [-0.3, -0.25) is 0 Å². The predicted octanol–water partition coefficient (Wildman–Crippen LogP) is 1.87. The molecule has 8 heteroatoms. The topological polar surface area (TPSA) is 114 Å². The van der Waals surface area contributed by atoms with Crippen LogP contribution in [0.15, 0.2) is 18.2 Å². The van der Waals surface area contributed by atoms with E-state index in [1.165, 1.54) is 6.26 Å². The second kappa shape index (κ2) is 6.37. The summed E-state index contributed by atoms with van der Waals surface area (Å²) in [5.41, 5.74) is 9.62. The first-order valence-electron chi connectivity index (χ1n) is 7.83. The second-order valence-corrected chi connectivity index (χ2v) is 7.81. The molecule has 0 bridgehead atoms. The summed E-state index contributed by atoms with van der Waals surface area (Å²) in [5, 5.41) is 1.02. The number of unbranched alkanes of at least 4 members (excludes halogenated alkanes) is 1. The van der Waals surface area contributed by atoms with Gasteiger partial charge in [0.2, 0.25) is 10.0 Å². The number of hydrogen-bond acceptors (Lipinski definition) is 5. The van der Waals surface area contributed by atoms with Crippen LogP contribution in [0.25, 0.3) is 21.9 Å². The van der Waals surface area contributed by atoms with Crippen molar-refractivity contribution >= 4 is 37.8 Å². The highest BCUT2D eigenvalue weighted by atomic mass is 32.2. The number of H-pyrrole nitrogens is 1. The van der Waals surface area contributed by atoms with E-state index in [2.05, 4.69) is 25.7 Å². The molecule has 0 unspecified atom stereocenters. The van der Waals surface area contributed by atoms with E-state index in [0.29, 0.717) is 12.4 Å². The third kappa shape index (κ3) is 3.49. The van der Waals surface area contributed by atoms with Gasteiger partial charge in [-0.05, 0) is 37.8 Å². The number of pyridine rings is 1. The van der Waals surface area contributed by atoms with Gasteiger partial charge in [0.05, 0.1) is 11.8 Å². The van der Waals surface area contributed by atoms with Crippen LogP contribution in [0.3, 0.4) is 0 Å². The van der Waals surface area contributed by atoms with Gasteiger partial charge >= 0.3 is 0 Å². The zero-order valence-corrected chi connectivity index (χ0v) is 14.6. The number of nitrogens with two attached hydrogens (primary N) is 1. The maximum Gasteiger partial charge on any atom is 0.208 e. The SMILES string of the molecule is Cc1nc2c([nH]1)c(N)nc1cccc(CCCCNS(C)(=O)=O)c12. The molecule has 0 saturated carbocycles. The highest BCUT2D eigenvalue weighted by molar-refractivity contribution is 7.88. The van der Waals surface area contributed by atoms with E-state index in [0.717, 1.165) is 52.6 Å². The third-order valence-corrected chi connectivity index (χ3v) is 4.65. The standard InChI is InChI=1S/C16H21N5O2S/c1-10-19-14-13-11(6-3-4-9-18-24(2,22)23)7-5-8-12(13)21-16(17)15(14)20-10/h5,7-8,18H,3-4,6,9H2,1-2H3,(H2,17,21)(H,19,20). The molecule has 0 saturated heterocycles. The fourth-order valence-corrected chi connectivity index (χ4v) is 3.42. The summed E-state index contributed by atoms with van der Waals surface area (Å²) in [6, 6.07) is 5.96. The molecule has 0 amide bonds. The van der Waals surface area contributed by atoms with E-state index in [4.69, 9.17) is 5.73 Å². The minimum absolute atomic E-state index is 0.450. The summed E-state index contributed by atoms with van der Waals surface area (Å²) in [6.07, 6.45) is 3.64. The molecule has 0 radical (unpaired) electrons. The first kappa shape index (κ1) is 16.7. The lowest BCUT2D eigenvalue weighted by molar-refractivity contribution is 0.583. The third-order valence-electron chi connectivity index (χ3n) is 3.92. The van der Waals surface area contributed by atoms with Crippen molar-refractivity contribution in [1.29, 1.82) is 0 Å². The normalized spacial score (nSPS) is 12.2. The molecule has 0 aliphatic carbocycles. The quantitative estimate of drug-likeness (QED) is 0.589. The molecule has 0 fully saturated rings. The van der Waals surface area contributed by atoms with Crippen LogP contribution in [0.1, 0.15) is 24.2 Å². The number of rotatable bonds is 6. The zero-order chi connectivity index (χ0) is 17.3. The summed E-state index contributed by atoms with van der Waals surface area (Å²) < 4.78 is 24.7. The van der Waals surface area contributed by atoms with Crippen LogP contribution in [0.4, 0.5) is 5.82 Å². The van der Waals surface area contributed by atoms with Crippen molar-refractivity contribution in [3.63, 3.8) is 0 Å². The fraction of sp³-hybridized carbons (Fsp3) is 0.375. The number of aryl methyl sites for hydroxylation is 2. The highest BCUT2D eigenvalue weighted by Gasteiger charge is 2.13. The van der Waals surface area contributed by atoms with Crippen molar-refractivity contribution in [3.8, 4) is 0 Å². The van der Waals surface area contributed by atoms with Crippen LogP contribution < -0.4 is 10.5 Å². The average Bonchev–Trinajstić information content (AvgIpc) is 2.88. The van der Waals surface area contributed by atoms with Gasteiger partial charge in [0.1, 0.15) is 22.7 Å². The molecule has 1 aromatic carbocycles. The Morgan fingerprint density at radius 2 is 2.04 bits per heavy atom. The van der Waals surface area contributed by atoms with E-state index in [1.54, 1.807) is 0 Å². The number of aromatic amines is 1. The van der Waals surface area contributed by atoms with Gasteiger partial charge in [-0.1, -0.05) is 12.1 Å². The van der Waals surface area contributed by atoms with Crippen molar-refractivity contribution in [2.24, 2.45) is 0 Å². The number of aromatic nitrogens is 3. The number of fused-ring (bicyclic) bond motifs is 3. The molecule has 0 spiro atoms. The van der Waals surface area contributed by atoms with Gasteiger partial charge in [-0.15, -0.1) is 0 Å². The van der Waals surface area contributed by atoms with Crippen molar-refractivity contribution < 1.29 is 8.42 Å². The lowest BCUT2D eigenvalue weighted by Crippen LogP contribution is -2.22. The van der Waals surface area contributed by atoms with Crippen LogP contribution >= 0.6 is 0 Å². The Morgan fingerprint density at radius 3 is 2.79 bits per heavy atom. The molecule has 0 aliphatic heterocycles. The van der Waals surface area contributed by atoms with Crippen LogP contribution in [0.2, 0.25) is 0 Å². The van der Waals surface area contributed by atoms with E-state index in [-0.39, 0.29) is 0 Å². The molecule has 128 valence electrons. The Kier molecular flexibility index (Phi) is 4.42. The van der Waals surface area contributed by atoms with Gasteiger partial charge in [0.25, 0.3) is 0 Å². The molecule has 0 aliphatic rings. The van der Waals surface area contributed by atoms with Crippen molar-refractivity contribution in [2.45, 2.75) is 26.2 Å². The minimum Gasteiger partial charge on any atom is -0.382 e. The highest BCUT2D eigenvalue weighted by Crippen LogP contribution is 2.29. The Hall–Kier alpha value is -2.19. The maximum atomic E-state index is 11.1. The molecule has 3 rings (SSSR count). The number of hydrogen-bond donors (Lipinski definition) is 3. The van der Waals surface area contributed by atoms with Crippen molar-refractivity contribution in [3.05, 3.63) is 29.6 Å². The second-order valence-electron chi connectivity index (χ2n) is 5.98. The molecule has 3 aromatic rings. The zero-order valence-electron chi connectivity index (χ0n) is 13.8. The lowest BCUT2D eigenvalue weighted by Gasteiger charge is -2.08. The maximum absolute atomic E-state index is 11.1. The monoisotopic (exact) mass is 347 g/mol. The summed E-state index contributed by atoms with van der Waals surface area (Å²) in [7, 11) is -3.12. The Balaban J connectivity index is 1.87. The largest absolute Gasteiger partial charge is 0.382 e. The average molecular weight is 347 g/mol. The van der Waals surface area contributed by atoms with E-state index in [9.17, 15) is 8.42 Å². The number of nitrogens with one attached hydrogen (secondary N) is 2. The summed E-state index contributed by atoms with van der Waals surface area (Å²) in [5.74, 6) is 1.26. The Morgan fingerprint density at radius 1 is 1.25 bits per heavy atom. The van der Waals surface area contributed by atoms with Gasteiger partial charge < -0.3 is 10.7 Å². The Bertz CT molecular complexity index is 995. The summed E-state index contributed by atoms with van der Waals surface area (Å²) >= 11 is 0. The van der Waals surface area contributed by atoms with E-state index in [1.807, 2.05) is 19.1 Å². The van der Waals surface area contributed by atoms with Crippen LogP contribution in [0.5, 0.6) is 0 Å². The van der Waals surface area contributed by atoms with Gasteiger partial charge in [-0.2, -0.15) is 0 Å². The molecule has 24 heavy (non-hydrogen) atoms. The van der Waals surface area contributed by atoms with Crippen LogP contribution in [-0.2, 0) is 16.4 Å². The number of nitrogens with zero attached hydrogens (tertiary/aromatic N) is 2. The van der Waals surface area contributed by atoms with Crippen LogP contribution in [-0.4, -0.2) is 36.2 Å². The number of benzene rings is 1. The number of anilines is 1. The summed E-state index contributed by atoms with van der Waals surface area (Å²) in [4.78, 5) is 12.2. The molecule has 7 nitrogen and oxygen atoms in total. The van der Waals surface area contributed by atoms with Crippen LogP contribution in [0, 0.1) is 6.92 Å². The number of imidazole rings is 1.